The summed E-state index contributed by atoms with van der Waals surface area (Å²) in [6.45, 7) is 2.28. The number of hydrazine groups is 1. The number of hydrogen-bond acceptors (Lipinski definition) is 7. The molecule has 1 aliphatic rings. The molecule has 1 saturated heterocycles. The topological polar surface area (TPSA) is 120 Å². The van der Waals surface area contributed by atoms with Gasteiger partial charge in [0, 0.05) is 6.61 Å². The number of nitrogens with two attached hydrogens (primary N) is 2. The molecule has 0 aromatic carbocycles. The molecular formula is C6H12N4O5. The summed E-state index contributed by atoms with van der Waals surface area (Å²) in [5, 5.41) is 1.79. The molecule has 9 heteroatoms. The first kappa shape index (κ1) is 11.5. The fourth-order valence-electron chi connectivity index (χ4n) is 1.18. The van der Waals surface area contributed by atoms with Gasteiger partial charge in [-0.25, -0.2) is 14.6 Å². The maximum absolute atomic E-state index is 11.1. The van der Waals surface area contributed by atoms with Gasteiger partial charge in [0.1, 0.15) is 0 Å². The standard InChI is InChI=1S/C6H12N4O5/c1-2-13-4-3-9(5(11)14-7)10(4)6(12)15-8/h4H,2-3,7-8H2,1H3/t4-/m1/s1. The highest BCUT2D eigenvalue weighted by molar-refractivity contribution is 5.75. The van der Waals surface area contributed by atoms with E-state index < -0.39 is 18.4 Å². The zero-order valence-electron chi connectivity index (χ0n) is 8.08. The van der Waals surface area contributed by atoms with Crippen LogP contribution in [-0.4, -0.2) is 41.6 Å². The molecule has 9 nitrogen and oxygen atoms in total. The third-order valence-corrected chi connectivity index (χ3v) is 1.82. The van der Waals surface area contributed by atoms with Crippen molar-refractivity contribution in [2.45, 2.75) is 13.2 Å². The van der Waals surface area contributed by atoms with Crippen molar-refractivity contribution in [3.05, 3.63) is 0 Å². The second-order valence-electron chi connectivity index (χ2n) is 2.60. The van der Waals surface area contributed by atoms with Gasteiger partial charge in [0.15, 0.2) is 6.23 Å². The fraction of sp³-hybridized carbons (Fsp3) is 0.667. The van der Waals surface area contributed by atoms with Crippen LogP contribution < -0.4 is 11.8 Å². The molecule has 1 atom stereocenters. The minimum absolute atomic E-state index is 0.152. The molecule has 4 N–H and O–H groups in total. The third-order valence-electron chi connectivity index (χ3n) is 1.82. The molecule has 0 radical (unpaired) electrons. The summed E-state index contributed by atoms with van der Waals surface area (Å²) in [7, 11) is 0. The number of carbonyl (C=O) groups excluding carboxylic acids is 2. The highest BCUT2D eigenvalue weighted by atomic mass is 16.7. The molecule has 15 heavy (non-hydrogen) atoms. The van der Waals surface area contributed by atoms with Crippen LogP contribution in [0.4, 0.5) is 9.59 Å². The Morgan fingerprint density at radius 3 is 2.40 bits per heavy atom. The molecule has 86 valence electrons. The van der Waals surface area contributed by atoms with E-state index in [9.17, 15) is 9.59 Å². The zero-order chi connectivity index (χ0) is 11.4. The maximum atomic E-state index is 11.1. The average molecular weight is 220 g/mol. The summed E-state index contributed by atoms with van der Waals surface area (Å²) in [6, 6.07) is 0. The molecule has 1 fully saturated rings. The van der Waals surface area contributed by atoms with Gasteiger partial charge in [-0.3, -0.25) is 0 Å². The van der Waals surface area contributed by atoms with E-state index in [0.29, 0.717) is 6.61 Å². The number of rotatable bonds is 2. The Kier molecular flexibility index (Phi) is 3.66. The summed E-state index contributed by atoms with van der Waals surface area (Å²) >= 11 is 0. The number of ether oxygens (including phenoxy) is 1. The van der Waals surface area contributed by atoms with Gasteiger partial charge in [-0.05, 0) is 6.92 Å². The van der Waals surface area contributed by atoms with Gasteiger partial charge in [0.2, 0.25) is 0 Å². The van der Waals surface area contributed by atoms with Gasteiger partial charge in [-0.2, -0.15) is 16.8 Å². The Balaban J connectivity index is 2.63. The van der Waals surface area contributed by atoms with Crippen molar-refractivity contribution in [2.24, 2.45) is 11.8 Å². The lowest BCUT2D eigenvalue weighted by Crippen LogP contribution is -2.69. The highest BCUT2D eigenvalue weighted by Gasteiger charge is 2.46. The Bertz CT molecular complexity index is 260. The summed E-state index contributed by atoms with van der Waals surface area (Å²) < 4.78 is 5.12. The first-order valence-electron chi connectivity index (χ1n) is 4.15. The third kappa shape index (κ3) is 2.09. The van der Waals surface area contributed by atoms with Gasteiger partial charge in [-0.15, -0.1) is 0 Å². The summed E-state index contributed by atoms with van der Waals surface area (Å²) in [4.78, 5) is 30.0. The molecule has 2 amide bonds. The van der Waals surface area contributed by atoms with Crippen molar-refractivity contribution < 1.29 is 24.0 Å². The Hall–Kier alpha value is -1.58. The lowest BCUT2D eigenvalue weighted by atomic mass is 10.4. The van der Waals surface area contributed by atoms with Crippen molar-refractivity contribution >= 4 is 12.2 Å². The van der Waals surface area contributed by atoms with Gasteiger partial charge in [0.05, 0.1) is 6.54 Å². The lowest BCUT2D eigenvalue weighted by Gasteiger charge is -2.46. The predicted octanol–water partition coefficient (Wildman–Crippen LogP) is -1.10. The van der Waals surface area contributed by atoms with Crippen LogP contribution >= 0.6 is 0 Å². The summed E-state index contributed by atoms with van der Waals surface area (Å²) in [6.07, 6.45) is -2.41. The van der Waals surface area contributed by atoms with Crippen LogP contribution in [0.15, 0.2) is 0 Å². The first-order chi connectivity index (χ1) is 7.15. The number of carbonyl (C=O) groups is 2. The molecule has 0 spiro atoms. The molecule has 1 rings (SSSR count). The van der Waals surface area contributed by atoms with Crippen LogP contribution in [0.2, 0.25) is 0 Å². The smallest absolute Gasteiger partial charge is 0.355 e. The molecule has 0 bridgehead atoms. The monoisotopic (exact) mass is 220 g/mol. The zero-order valence-corrected chi connectivity index (χ0v) is 8.08. The largest absolute Gasteiger partial charge is 0.450 e. The van der Waals surface area contributed by atoms with Crippen molar-refractivity contribution in [1.29, 1.82) is 0 Å². The molecule has 0 aliphatic carbocycles. The van der Waals surface area contributed by atoms with E-state index in [4.69, 9.17) is 4.74 Å². The number of hydrogen-bond donors (Lipinski definition) is 2. The van der Waals surface area contributed by atoms with Crippen molar-refractivity contribution in [2.75, 3.05) is 13.2 Å². The SMILES string of the molecule is CCO[C@@H]1CN(C(=O)ON)N1C(=O)ON. The van der Waals surface area contributed by atoms with Crippen LogP contribution in [0.3, 0.4) is 0 Å². The summed E-state index contributed by atoms with van der Waals surface area (Å²) in [5.41, 5.74) is 0. The Morgan fingerprint density at radius 2 is 1.93 bits per heavy atom. The minimum atomic E-state index is -0.926. The van der Waals surface area contributed by atoms with Crippen LogP contribution in [0.25, 0.3) is 0 Å². The minimum Gasteiger partial charge on any atom is -0.355 e. The quantitative estimate of drug-likeness (QED) is 0.566. The molecule has 0 aromatic rings. The van der Waals surface area contributed by atoms with Crippen LogP contribution in [0, 0.1) is 0 Å². The second-order valence-corrected chi connectivity index (χ2v) is 2.60. The lowest BCUT2D eigenvalue weighted by molar-refractivity contribution is -0.220. The van der Waals surface area contributed by atoms with E-state index in [-0.39, 0.29) is 6.54 Å². The molecule has 0 unspecified atom stereocenters. The van der Waals surface area contributed by atoms with Gasteiger partial charge in [-0.1, -0.05) is 0 Å². The van der Waals surface area contributed by atoms with Crippen LogP contribution in [0.5, 0.6) is 0 Å². The fourth-order valence-corrected chi connectivity index (χ4v) is 1.18. The summed E-state index contributed by atoms with van der Waals surface area (Å²) in [5.74, 6) is 9.35. The molecule has 1 heterocycles. The molecule has 0 aromatic heterocycles. The normalized spacial score (nSPS) is 19.5. The second kappa shape index (κ2) is 4.77. The molecular weight excluding hydrogens is 208 g/mol. The van der Waals surface area contributed by atoms with Gasteiger partial charge < -0.3 is 14.4 Å². The first-order valence-corrected chi connectivity index (χ1v) is 4.15. The van der Waals surface area contributed by atoms with Crippen molar-refractivity contribution in [1.82, 2.24) is 10.0 Å². The average Bonchev–Trinajstić information content (AvgIpc) is 2.22. The van der Waals surface area contributed by atoms with Gasteiger partial charge in [0.25, 0.3) is 0 Å². The number of amides is 2. The Morgan fingerprint density at radius 1 is 1.33 bits per heavy atom. The van der Waals surface area contributed by atoms with Crippen LogP contribution in [-0.2, 0) is 14.4 Å². The Labute approximate surface area is 85.3 Å². The maximum Gasteiger partial charge on any atom is 0.450 e. The highest BCUT2D eigenvalue weighted by Crippen LogP contribution is 2.21. The van der Waals surface area contributed by atoms with E-state index in [2.05, 4.69) is 21.5 Å². The molecule has 1 aliphatic heterocycles. The number of nitrogens with zero attached hydrogens (tertiary/aromatic N) is 2. The van der Waals surface area contributed by atoms with E-state index >= 15 is 0 Å². The van der Waals surface area contributed by atoms with E-state index in [0.717, 1.165) is 10.0 Å². The van der Waals surface area contributed by atoms with E-state index in [1.165, 1.54) is 0 Å². The van der Waals surface area contributed by atoms with E-state index in [1.807, 2.05) is 0 Å². The van der Waals surface area contributed by atoms with Gasteiger partial charge >= 0.3 is 12.2 Å². The van der Waals surface area contributed by atoms with Crippen LogP contribution in [0.1, 0.15) is 6.92 Å². The van der Waals surface area contributed by atoms with Crippen molar-refractivity contribution in [3.8, 4) is 0 Å². The van der Waals surface area contributed by atoms with Crippen molar-refractivity contribution in [3.63, 3.8) is 0 Å². The predicted molar refractivity (Wildman–Crippen MR) is 45.3 cm³/mol. The van der Waals surface area contributed by atoms with E-state index in [1.54, 1.807) is 6.92 Å². The molecule has 0 saturated carbocycles.